The van der Waals surface area contributed by atoms with Crippen LogP contribution in [0.25, 0.3) is 5.57 Å². The molecule has 0 aliphatic rings. The summed E-state index contributed by atoms with van der Waals surface area (Å²) in [6.45, 7) is 5.32. The van der Waals surface area contributed by atoms with Crippen molar-refractivity contribution in [3.63, 3.8) is 0 Å². The molecule has 5 heteroatoms. The molecule has 0 amide bonds. The Kier molecular flexibility index (Phi) is 6.55. The van der Waals surface area contributed by atoms with Crippen molar-refractivity contribution < 1.29 is 23.5 Å². The fourth-order valence-electron chi connectivity index (χ4n) is 2.47. The van der Waals surface area contributed by atoms with Crippen LogP contribution in [0.5, 0.6) is 5.75 Å². The van der Waals surface area contributed by atoms with Crippen LogP contribution in [0.1, 0.15) is 41.3 Å². The maximum atomic E-state index is 11.7. The number of carbonyl (C=O) groups excluding carboxylic acids is 2. The van der Waals surface area contributed by atoms with E-state index in [9.17, 15) is 9.59 Å². The number of Topliss-reactive ketones (excluding diaryl/α,β-unsaturated/α-hetero) is 1. The Hall–Kier alpha value is -3.08. The van der Waals surface area contributed by atoms with Gasteiger partial charge in [0.25, 0.3) is 0 Å². The molecule has 0 radical (unpaired) electrons. The number of hydrogen-bond donors (Lipinski definition) is 0. The molecule has 5 nitrogen and oxygen atoms in total. The van der Waals surface area contributed by atoms with Crippen molar-refractivity contribution in [2.24, 2.45) is 0 Å². The number of carbonyl (C=O) groups is 2. The minimum Gasteiger partial charge on any atom is -0.497 e. The van der Waals surface area contributed by atoms with E-state index >= 15 is 0 Å². The number of hydrogen-bond acceptors (Lipinski definition) is 5. The zero-order valence-corrected chi connectivity index (χ0v) is 15.4. The summed E-state index contributed by atoms with van der Waals surface area (Å²) in [5.74, 6) is 1.36. The van der Waals surface area contributed by atoms with Crippen LogP contribution < -0.4 is 4.74 Å². The lowest BCUT2D eigenvalue weighted by Gasteiger charge is -2.06. The fraction of sp³-hybridized carbons (Fsp3) is 0.238. The number of ether oxygens (including phenoxy) is 2. The fourth-order valence-corrected chi connectivity index (χ4v) is 2.47. The van der Waals surface area contributed by atoms with E-state index in [1.54, 1.807) is 39.2 Å². The second-order valence-corrected chi connectivity index (χ2v) is 5.56. The number of methoxy groups -OCH3 is 1. The maximum Gasteiger partial charge on any atom is 0.330 e. The zero-order valence-electron chi connectivity index (χ0n) is 15.4. The largest absolute Gasteiger partial charge is 0.497 e. The van der Waals surface area contributed by atoms with E-state index in [0.29, 0.717) is 23.7 Å². The number of furan rings is 1. The highest BCUT2D eigenvalue weighted by Gasteiger charge is 2.15. The van der Waals surface area contributed by atoms with Crippen molar-refractivity contribution in [1.82, 2.24) is 0 Å². The molecule has 0 fully saturated rings. The van der Waals surface area contributed by atoms with Gasteiger partial charge in [-0.15, -0.1) is 0 Å². The molecule has 0 aliphatic carbocycles. The van der Waals surface area contributed by atoms with Gasteiger partial charge >= 0.3 is 5.97 Å². The van der Waals surface area contributed by atoms with E-state index in [1.165, 1.54) is 13.0 Å². The van der Waals surface area contributed by atoms with Crippen LogP contribution in [-0.2, 0) is 9.53 Å². The molecule has 2 rings (SSSR count). The Balaban J connectivity index is 2.45. The molecule has 0 unspecified atom stereocenters. The molecule has 1 heterocycles. The van der Waals surface area contributed by atoms with Crippen LogP contribution in [0.2, 0.25) is 0 Å². The van der Waals surface area contributed by atoms with E-state index < -0.39 is 5.97 Å². The molecule has 0 bridgehead atoms. The van der Waals surface area contributed by atoms with Gasteiger partial charge in [-0.2, -0.15) is 0 Å². The summed E-state index contributed by atoms with van der Waals surface area (Å²) in [6.07, 6.45) is 4.69. The molecular weight excluding hydrogens is 332 g/mol. The lowest BCUT2D eigenvalue weighted by Crippen LogP contribution is -1.98. The van der Waals surface area contributed by atoms with Crippen molar-refractivity contribution in [1.29, 1.82) is 0 Å². The molecule has 0 spiro atoms. The maximum absolute atomic E-state index is 11.7. The summed E-state index contributed by atoms with van der Waals surface area (Å²) in [6, 6.07) is 9.15. The molecular formula is C21H22O5. The average Bonchev–Trinajstić information content (AvgIpc) is 3.01. The Morgan fingerprint density at radius 2 is 1.88 bits per heavy atom. The Bertz CT molecular complexity index is 838. The molecule has 2 aromatic rings. The number of allylic oxidation sites excluding steroid dienone is 2. The quantitative estimate of drug-likeness (QED) is 0.320. The van der Waals surface area contributed by atoms with Gasteiger partial charge < -0.3 is 13.9 Å². The third kappa shape index (κ3) is 4.72. The third-order valence-electron chi connectivity index (χ3n) is 3.75. The zero-order chi connectivity index (χ0) is 19.1. The van der Waals surface area contributed by atoms with Gasteiger partial charge in [0, 0.05) is 11.6 Å². The summed E-state index contributed by atoms with van der Waals surface area (Å²) in [4.78, 5) is 23.2. The Morgan fingerprint density at radius 1 is 1.19 bits per heavy atom. The molecule has 26 heavy (non-hydrogen) atoms. The molecule has 1 aromatic heterocycles. The number of benzene rings is 1. The normalized spacial score (nSPS) is 11.6. The number of aryl methyl sites for hydroxylation is 1. The van der Waals surface area contributed by atoms with Gasteiger partial charge in [0.15, 0.2) is 5.78 Å². The van der Waals surface area contributed by atoms with E-state index in [-0.39, 0.29) is 5.78 Å². The lowest BCUT2D eigenvalue weighted by molar-refractivity contribution is -0.137. The number of rotatable bonds is 7. The number of esters is 1. The van der Waals surface area contributed by atoms with Gasteiger partial charge in [0.1, 0.15) is 17.3 Å². The van der Waals surface area contributed by atoms with Crippen molar-refractivity contribution in [3.8, 4) is 5.75 Å². The van der Waals surface area contributed by atoms with E-state index in [2.05, 4.69) is 0 Å². The van der Waals surface area contributed by atoms with Crippen LogP contribution in [0.3, 0.4) is 0 Å². The van der Waals surface area contributed by atoms with Crippen LogP contribution >= 0.6 is 0 Å². The van der Waals surface area contributed by atoms with Crippen LogP contribution in [0.15, 0.2) is 53.0 Å². The predicted molar refractivity (Wildman–Crippen MR) is 99.3 cm³/mol. The van der Waals surface area contributed by atoms with E-state index in [1.807, 2.05) is 24.3 Å². The molecule has 0 saturated carbocycles. The first-order chi connectivity index (χ1) is 12.5. The monoisotopic (exact) mass is 354 g/mol. The number of ketones is 1. The first kappa shape index (κ1) is 19.2. The summed E-state index contributed by atoms with van der Waals surface area (Å²) < 4.78 is 15.9. The second kappa shape index (κ2) is 8.85. The summed E-state index contributed by atoms with van der Waals surface area (Å²) in [5.41, 5.74) is 2.14. The predicted octanol–water partition coefficient (Wildman–Crippen LogP) is 4.35. The minimum atomic E-state index is -0.419. The first-order valence-electron chi connectivity index (χ1n) is 8.27. The van der Waals surface area contributed by atoms with Crippen molar-refractivity contribution in [3.05, 3.63) is 71.2 Å². The molecule has 0 atom stereocenters. The van der Waals surface area contributed by atoms with Gasteiger partial charge in [0.2, 0.25) is 0 Å². The second-order valence-electron chi connectivity index (χ2n) is 5.56. The highest BCUT2D eigenvalue weighted by molar-refractivity contribution is 5.96. The third-order valence-corrected chi connectivity index (χ3v) is 3.75. The van der Waals surface area contributed by atoms with Gasteiger partial charge in [0.05, 0.1) is 19.3 Å². The topological polar surface area (TPSA) is 65.7 Å². The summed E-state index contributed by atoms with van der Waals surface area (Å²) >= 11 is 0. The van der Waals surface area contributed by atoms with Crippen LogP contribution in [-0.4, -0.2) is 25.5 Å². The van der Waals surface area contributed by atoms with Crippen LogP contribution in [0, 0.1) is 6.92 Å². The van der Waals surface area contributed by atoms with Gasteiger partial charge in [-0.1, -0.05) is 24.3 Å². The van der Waals surface area contributed by atoms with Gasteiger partial charge in [-0.05, 0) is 44.5 Å². The SMILES string of the molecule is CCOC(=O)/C=C\C=C(\c1ccc(OC)cc1)c1cc(C(C)=O)c(C)o1. The molecule has 136 valence electrons. The van der Waals surface area contributed by atoms with Crippen molar-refractivity contribution >= 4 is 17.3 Å². The molecule has 1 aromatic carbocycles. The van der Waals surface area contributed by atoms with Gasteiger partial charge in [-0.25, -0.2) is 4.79 Å². The lowest BCUT2D eigenvalue weighted by atomic mass is 10.0. The minimum absolute atomic E-state index is 0.0614. The van der Waals surface area contributed by atoms with Crippen LogP contribution in [0.4, 0.5) is 0 Å². The van der Waals surface area contributed by atoms with E-state index in [4.69, 9.17) is 13.9 Å². The average molecular weight is 354 g/mol. The molecule has 0 aliphatic heterocycles. The highest BCUT2D eigenvalue weighted by atomic mass is 16.5. The smallest absolute Gasteiger partial charge is 0.330 e. The molecule has 0 saturated heterocycles. The van der Waals surface area contributed by atoms with E-state index in [0.717, 1.165) is 16.9 Å². The summed E-state index contributed by atoms with van der Waals surface area (Å²) in [5, 5.41) is 0. The first-order valence-corrected chi connectivity index (χ1v) is 8.27. The highest BCUT2D eigenvalue weighted by Crippen LogP contribution is 2.29. The van der Waals surface area contributed by atoms with Gasteiger partial charge in [-0.3, -0.25) is 4.79 Å². The Labute approximate surface area is 152 Å². The molecule has 0 N–H and O–H groups in total. The Morgan fingerprint density at radius 3 is 2.42 bits per heavy atom. The van der Waals surface area contributed by atoms with Crippen molar-refractivity contribution in [2.45, 2.75) is 20.8 Å². The standard InChI is InChI=1S/C21H22O5/c1-5-25-21(23)8-6-7-18(16-9-11-17(24-4)12-10-16)20-13-19(14(2)22)15(3)26-20/h6-13H,5H2,1-4H3/b8-6-,18-7-. The van der Waals surface area contributed by atoms with Crippen molar-refractivity contribution in [2.75, 3.05) is 13.7 Å². The summed E-state index contributed by atoms with van der Waals surface area (Å²) in [7, 11) is 1.60.